The number of aromatic nitrogens is 2. The fraction of sp³-hybridized carbons (Fsp3) is 0.667. The van der Waals surface area contributed by atoms with Gasteiger partial charge in [-0.25, -0.2) is 13.6 Å². The number of amides is 1. The average molecular weight is 300 g/mol. The van der Waals surface area contributed by atoms with E-state index in [1.54, 1.807) is 7.05 Å². The quantitative estimate of drug-likeness (QED) is 0.832. The Kier molecular flexibility index (Phi) is 3.88. The number of aromatic amines is 1. The highest BCUT2D eigenvalue weighted by Gasteiger charge is 2.36. The van der Waals surface area contributed by atoms with Crippen LogP contribution in [0.5, 0.6) is 0 Å². The summed E-state index contributed by atoms with van der Waals surface area (Å²) in [7, 11) is -2.35. The number of hydrogen-bond donors (Lipinski definition) is 2. The second-order valence-corrected chi connectivity index (χ2v) is 7.21. The van der Waals surface area contributed by atoms with Gasteiger partial charge in [-0.05, 0) is 18.8 Å². The smallest absolute Gasteiger partial charge is 0.275 e. The van der Waals surface area contributed by atoms with E-state index in [-0.39, 0.29) is 22.4 Å². The van der Waals surface area contributed by atoms with Gasteiger partial charge in [-0.2, -0.15) is 5.10 Å². The molecule has 0 aliphatic heterocycles. The van der Waals surface area contributed by atoms with Crippen LogP contribution in [0.1, 0.15) is 48.8 Å². The summed E-state index contributed by atoms with van der Waals surface area (Å²) in [6.45, 7) is 4.48. The maximum atomic E-state index is 12.3. The lowest BCUT2D eigenvalue weighted by Crippen LogP contribution is -2.32. The summed E-state index contributed by atoms with van der Waals surface area (Å²) in [6.07, 6.45) is 1.78. The summed E-state index contributed by atoms with van der Waals surface area (Å²) in [5.41, 5.74) is 0.367. The number of carbonyl (C=O) groups is 1. The topological polar surface area (TPSA) is 109 Å². The van der Waals surface area contributed by atoms with Crippen LogP contribution in [0.25, 0.3) is 0 Å². The molecule has 1 fully saturated rings. The third-order valence-electron chi connectivity index (χ3n) is 3.21. The minimum absolute atomic E-state index is 0.0995. The molecule has 1 aliphatic carbocycles. The van der Waals surface area contributed by atoms with Gasteiger partial charge in [-0.1, -0.05) is 13.8 Å². The zero-order valence-electron chi connectivity index (χ0n) is 11.9. The Labute approximate surface area is 118 Å². The highest BCUT2D eigenvalue weighted by Crippen LogP contribution is 2.42. The first-order chi connectivity index (χ1) is 9.21. The molecule has 8 heteroatoms. The molecule has 2 rings (SSSR count). The van der Waals surface area contributed by atoms with Crippen molar-refractivity contribution >= 4 is 15.9 Å². The summed E-state index contributed by atoms with van der Waals surface area (Å²) in [5.74, 6) is -0.0256. The van der Waals surface area contributed by atoms with Crippen LogP contribution < -0.4 is 5.14 Å². The SMILES string of the molecule is CC(C)CN(C)C(=O)c1n[nH]c(C2CC2)c1S(N)(=O)=O. The Balaban J connectivity index is 2.39. The van der Waals surface area contributed by atoms with Crippen molar-refractivity contribution in [3.05, 3.63) is 11.4 Å². The Bertz CT molecular complexity index is 617. The van der Waals surface area contributed by atoms with Gasteiger partial charge < -0.3 is 4.90 Å². The third-order valence-corrected chi connectivity index (χ3v) is 4.19. The van der Waals surface area contributed by atoms with Crippen molar-refractivity contribution in [3.8, 4) is 0 Å². The average Bonchev–Trinajstić information content (AvgIpc) is 3.04. The van der Waals surface area contributed by atoms with E-state index in [0.717, 1.165) is 12.8 Å². The lowest BCUT2D eigenvalue weighted by atomic mass is 10.2. The largest absolute Gasteiger partial charge is 0.340 e. The van der Waals surface area contributed by atoms with Crippen LogP contribution in [0.2, 0.25) is 0 Å². The molecule has 112 valence electrons. The maximum absolute atomic E-state index is 12.3. The number of nitrogens with two attached hydrogens (primary N) is 1. The Morgan fingerprint density at radius 2 is 2.10 bits per heavy atom. The number of carbonyl (C=O) groups excluding carboxylic acids is 1. The normalized spacial score (nSPS) is 15.7. The molecule has 0 unspecified atom stereocenters. The number of rotatable bonds is 5. The molecule has 1 aromatic heterocycles. The van der Waals surface area contributed by atoms with Gasteiger partial charge in [0.2, 0.25) is 10.0 Å². The minimum atomic E-state index is -3.97. The summed E-state index contributed by atoms with van der Waals surface area (Å²) < 4.78 is 23.5. The maximum Gasteiger partial charge on any atom is 0.275 e. The Hall–Kier alpha value is -1.41. The summed E-state index contributed by atoms with van der Waals surface area (Å²) in [6, 6.07) is 0. The van der Waals surface area contributed by atoms with Crippen LogP contribution in [0.4, 0.5) is 0 Å². The molecule has 1 aromatic rings. The fourth-order valence-electron chi connectivity index (χ4n) is 2.24. The number of nitrogens with zero attached hydrogens (tertiary/aromatic N) is 2. The van der Waals surface area contributed by atoms with E-state index >= 15 is 0 Å². The summed E-state index contributed by atoms with van der Waals surface area (Å²) in [4.78, 5) is 13.7. The van der Waals surface area contributed by atoms with Gasteiger partial charge in [0.25, 0.3) is 5.91 Å². The zero-order valence-corrected chi connectivity index (χ0v) is 12.7. The molecule has 0 aromatic carbocycles. The second-order valence-electron chi connectivity index (χ2n) is 5.71. The van der Waals surface area contributed by atoms with E-state index in [9.17, 15) is 13.2 Å². The fourth-order valence-corrected chi connectivity index (χ4v) is 3.16. The zero-order chi connectivity index (χ0) is 15.1. The lowest BCUT2D eigenvalue weighted by molar-refractivity contribution is 0.0769. The van der Waals surface area contributed by atoms with Crippen LogP contribution in [0.15, 0.2) is 4.90 Å². The van der Waals surface area contributed by atoms with Crippen LogP contribution in [0.3, 0.4) is 0 Å². The summed E-state index contributed by atoms with van der Waals surface area (Å²) >= 11 is 0. The van der Waals surface area contributed by atoms with Gasteiger partial charge in [-0.15, -0.1) is 0 Å². The number of hydrogen-bond acceptors (Lipinski definition) is 4. The molecule has 20 heavy (non-hydrogen) atoms. The number of sulfonamides is 1. The molecule has 1 amide bonds. The molecule has 0 radical (unpaired) electrons. The monoisotopic (exact) mass is 300 g/mol. The van der Waals surface area contributed by atoms with Crippen LogP contribution in [-0.2, 0) is 10.0 Å². The van der Waals surface area contributed by atoms with Gasteiger partial charge >= 0.3 is 0 Å². The second kappa shape index (κ2) is 5.17. The van der Waals surface area contributed by atoms with E-state index in [1.165, 1.54) is 4.90 Å². The molecule has 1 saturated carbocycles. The van der Waals surface area contributed by atoms with Crippen molar-refractivity contribution in [2.45, 2.75) is 37.5 Å². The van der Waals surface area contributed by atoms with Crippen LogP contribution in [0, 0.1) is 5.92 Å². The third kappa shape index (κ3) is 3.01. The Morgan fingerprint density at radius 1 is 1.50 bits per heavy atom. The Morgan fingerprint density at radius 3 is 2.55 bits per heavy atom. The summed E-state index contributed by atoms with van der Waals surface area (Å²) in [5, 5.41) is 11.8. The van der Waals surface area contributed by atoms with E-state index < -0.39 is 15.9 Å². The molecule has 0 spiro atoms. The van der Waals surface area contributed by atoms with Crippen LogP contribution >= 0.6 is 0 Å². The van der Waals surface area contributed by atoms with E-state index in [2.05, 4.69) is 10.2 Å². The predicted octanol–water partition coefficient (Wildman–Crippen LogP) is 0.663. The van der Waals surface area contributed by atoms with Gasteiger partial charge in [-0.3, -0.25) is 9.89 Å². The van der Waals surface area contributed by atoms with E-state index in [1.807, 2.05) is 13.8 Å². The molecule has 1 heterocycles. The minimum Gasteiger partial charge on any atom is -0.340 e. The number of nitrogens with one attached hydrogen (secondary N) is 1. The van der Waals surface area contributed by atoms with Gasteiger partial charge in [0.15, 0.2) is 5.69 Å². The van der Waals surface area contributed by atoms with Gasteiger partial charge in [0, 0.05) is 19.5 Å². The molecular weight excluding hydrogens is 280 g/mol. The number of H-pyrrole nitrogens is 1. The van der Waals surface area contributed by atoms with E-state index in [4.69, 9.17) is 5.14 Å². The van der Waals surface area contributed by atoms with E-state index in [0.29, 0.717) is 12.2 Å². The molecule has 0 bridgehead atoms. The molecule has 7 nitrogen and oxygen atoms in total. The first kappa shape index (κ1) is 15.0. The van der Waals surface area contributed by atoms with Crippen molar-refractivity contribution in [1.29, 1.82) is 0 Å². The van der Waals surface area contributed by atoms with Crippen molar-refractivity contribution in [2.75, 3.05) is 13.6 Å². The first-order valence-corrected chi connectivity index (χ1v) is 8.13. The molecule has 0 saturated heterocycles. The predicted molar refractivity (Wildman–Crippen MR) is 73.7 cm³/mol. The molecule has 0 atom stereocenters. The van der Waals surface area contributed by atoms with Crippen LogP contribution in [-0.4, -0.2) is 43.0 Å². The van der Waals surface area contributed by atoms with Gasteiger partial charge in [0.05, 0.1) is 5.69 Å². The molecule has 1 aliphatic rings. The van der Waals surface area contributed by atoms with Crippen molar-refractivity contribution in [1.82, 2.24) is 15.1 Å². The standard InChI is InChI=1S/C12H20N4O3S/c1-7(2)6-16(3)12(17)10-11(20(13,18)19)9(14-15-10)8-4-5-8/h7-8H,4-6H2,1-3H3,(H,14,15)(H2,13,18,19). The highest BCUT2D eigenvalue weighted by molar-refractivity contribution is 7.89. The lowest BCUT2D eigenvalue weighted by Gasteiger charge is -2.18. The molecular formula is C12H20N4O3S. The highest BCUT2D eigenvalue weighted by atomic mass is 32.2. The van der Waals surface area contributed by atoms with Crippen molar-refractivity contribution in [3.63, 3.8) is 0 Å². The van der Waals surface area contributed by atoms with Gasteiger partial charge in [0.1, 0.15) is 4.90 Å². The molecule has 3 N–H and O–H groups in total. The van der Waals surface area contributed by atoms with Crippen molar-refractivity contribution in [2.24, 2.45) is 11.1 Å². The number of primary sulfonamides is 1. The van der Waals surface area contributed by atoms with Crippen molar-refractivity contribution < 1.29 is 13.2 Å². The first-order valence-electron chi connectivity index (χ1n) is 6.58.